The first-order valence-corrected chi connectivity index (χ1v) is 8.30. The lowest BCUT2D eigenvalue weighted by atomic mass is 10.2. The fourth-order valence-electron chi connectivity index (χ4n) is 3.14. The average Bonchev–Trinajstić information content (AvgIpc) is 3.20. The van der Waals surface area contributed by atoms with Crippen molar-refractivity contribution in [2.24, 2.45) is 0 Å². The number of carbonyl (C=O) groups is 1. The maximum absolute atomic E-state index is 12.0. The number of hydrogen-bond acceptors (Lipinski definition) is 6. The first kappa shape index (κ1) is 16.6. The van der Waals surface area contributed by atoms with Gasteiger partial charge in [0, 0.05) is 57.8 Å². The van der Waals surface area contributed by atoms with Crippen molar-refractivity contribution in [3.8, 4) is 0 Å². The lowest BCUT2D eigenvalue weighted by Crippen LogP contribution is -2.40. The van der Waals surface area contributed by atoms with Crippen LogP contribution in [-0.4, -0.2) is 56.5 Å². The molecule has 3 heterocycles. The van der Waals surface area contributed by atoms with E-state index < -0.39 is 0 Å². The summed E-state index contributed by atoms with van der Waals surface area (Å²) in [5.74, 6) is 1.14. The van der Waals surface area contributed by atoms with Gasteiger partial charge in [-0.05, 0) is 18.6 Å². The van der Waals surface area contributed by atoms with Gasteiger partial charge in [-0.1, -0.05) is 11.2 Å². The number of aryl methyl sites for hydroxylation is 1. The molecule has 0 aromatic carbocycles. The van der Waals surface area contributed by atoms with Crippen LogP contribution in [0.5, 0.6) is 0 Å². The molecule has 0 radical (unpaired) electrons. The van der Waals surface area contributed by atoms with Crippen LogP contribution in [0.25, 0.3) is 0 Å². The third-order valence-corrected chi connectivity index (χ3v) is 4.38. The minimum atomic E-state index is 0.0500. The lowest BCUT2D eigenvalue weighted by molar-refractivity contribution is -0.131. The van der Waals surface area contributed by atoms with E-state index in [9.17, 15) is 4.79 Å². The first-order valence-electron chi connectivity index (χ1n) is 8.30. The van der Waals surface area contributed by atoms with Gasteiger partial charge in [-0.25, -0.2) is 0 Å². The monoisotopic (exact) mass is 329 g/mol. The maximum atomic E-state index is 12.0. The summed E-state index contributed by atoms with van der Waals surface area (Å²) in [6.45, 7) is 6.59. The van der Waals surface area contributed by atoms with E-state index in [1.165, 1.54) is 0 Å². The molecule has 1 aliphatic heterocycles. The predicted molar refractivity (Wildman–Crippen MR) is 88.0 cm³/mol. The second-order valence-corrected chi connectivity index (χ2v) is 6.19. The van der Waals surface area contributed by atoms with Crippen molar-refractivity contribution in [3.63, 3.8) is 0 Å². The Labute approximate surface area is 141 Å². The number of amides is 1. The topological polar surface area (TPSA) is 75.4 Å². The summed E-state index contributed by atoms with van der Waals surface area (Å²) in [5, 5.41) is 3.90. The van der Waals surface area contributed by atoms with Crippen LogP contribution in [0, 0.1) is 6.92 Å². The van der Waals surface area contributed by atoms with Gasteiger partial charge in [0.25, 0.3) is 0 Å². The van der Waals surface area contributed by atoms with Crippen molar-refractivity contribution >= 4 is 5.91 Å². The van der Waals surface area contributed by atoms with Crippen LogP contribution in [0.15, 0.2) is 28.9 Å². The molecule has 0 bridgehead atoms. The molecule has 1 amide bonds. The second kappa shape index (κ2) is 7.53. The number of carbonyl (C=O) groups excluding carboxylic acids is 1. The summed E-state index contributed by atoms with van der Waals surface area (Å²) >= 11 is 0. The van der Waals surface area contributed by atoms with E-state index in [0.717, 1.165) is 38.2 Å². The van der Waals surface area contributed by atoms with Crippen molar-refractivity contribution in [1.29, 1.82) is 0 Å². The Hall–Kier alpha value is -2.28. The summed E-state index contributed by atoms with van der Waals surface area (Å²) < 4.78 is 5.00. The van der Waals surface area contributed by atoms with E-state index in [-0.39, 0.29) is 11.9 Å². The Bertz CT molecular complexity index is 673. The number of likely N-dealkylation sites (tertiary alicyclic amines) is 1. The van der Waals surface area contributed by atoms with Crippen molar-refractivity contribution in [2.75, 3.05) is 19.6 Å². The molecular weight excluding hydrogens is 306 g/mol. The van der Waals surface area contributed by atoms with Gasteiger partial charge in [-0.15, -0.1) is 0 Å². The standard InChI is InChI=1S/C17H23N5O2/c1-13-19-17(20-24-13)12-22(14(2)23)16-7-10-21(11-16)9-6-15-5-3-4-8-18-15/h3-5,8,16H,6-7,9-12H2,1-2H3. The highest BCUT2D eigenvalue weighted by Gasteiger charge is 2.30. The highest BCUT2D eigenvalue weighted by Crippen LogP contribution is 2.18. The number of hydrogen-bond donors (Lipinski definition) is 0. The van der Waals surface area contributed by atoms with E-state index >= 15 is 0 Å². The number of nitrogens with zero attached hydrogens (tertiary/aromatic N) is 5. The normalized spacial score (nSPS) is 18.0. The molecule has 0 spiro atoms. The van der Waals surface area contributed by atoms with Gasteiger partial charge in [0.2, 0.25) is 11.8 Å². The van der Waals surface area contributed by atoms with Gasteiger partial charge in [-0.3, -0.25) is 9.78 Å². The van der Waals surface area contributed by atoms with Gasteiger partial charge in [0.15, 0.2) is 5.82 Å². The molecule has 7 heteroatoms. The Kier molecular flexibility index (Phi) is 5.20. The fourth-order valence-corrected chi connectivity index (χ4v) is 3.14. The molecule has 7 nitrogen and oxygen atoms in total. The number of aromatic nitrogens is 3. The SMILES string of the molecule is CC(=O)N(Cc1noc(C)n1)C1CCN(CCc2ccccn2)C1. The predicted octanol–water partition coefficient (Wildman–Crippen LogP) is 1.44. The van der Waals surface area contributed by atoms with Crippen LogP contribution in [0.2, 0.25) is 0 Å². The number of rotatable bonds is 6. The average molecular weight is 329 g/mol. The molecule has 0 saturated carbocycles. The lowest BCUT2D eigenvalue weighted by Gasteiger charge is -2.27. The van der Waals surface area contributed by atoms with Crippen molar-refractivity contribution in [3.05, 3.63) is 41.8 Å². The van der Waals surface area contributed by atoms with E-state index in [2.05, 4.69) is 20.0 Å². The van der Waals surface area contributed by atoms with Gasteiger partial charge in [0.1, 0.15) is 0 Å². The largest absolute Gasteiger partial charge is 0.340 e. The molecule has 0 N–H and O–H groups in total. The van der Waals surface area contributed by atoms with E-state index in [1.807, 2.05) is 29.3 Å². The zero-order valence-corrected chi connectivity index (χ0v) is 14.2. The zero-order valence-electron chi connectivity index (χ0n) is 14.2. The zero-order chi connectivity index (χ0) is 16.9. The molecule has 1 fully saturated rings. The molecule has 2 aromatic heterocycles. The Morgan fingerprint density at radius 3 is 3.00 bits per heavy atom. The molecule has 24 heavy (non-hydrogen) atoms. The van der Waals surface area contributed by atoms with Gasteiger partial charge < -0.3 is 14.3 Å². The maximum Gasteiger partial charge on any atom is 0.223 e. The molecule has 3 rings (SSSR count). The van der Waals surface area contributed by atoms with Crippen LogP contribution in [0.4, 0.5) is 0 Å². The highest BCUT2D eigenvalue weighted by atomic mass is 16.5. The van der Waals surface area contributed by atoms with Gasteiger partial charge in [-0.2, -0.15) is 4.98 Å². The third kappa shape index (κ3) is 4.17. The molecular formula is C17H23N5O2. The highest BCUT2D eigenvalue weighted by molar-refractivity contribution is 5.73. The van der Waals surface area contributed by atoms with Crippen LogP contribution >= 0.6 is 0 Å². The van der Waals surface area contributed by atoms with E-state index in [4.69, 9.17) is 4.52 Å². The summed E-state index contributed by atoms with van der Waals surface area (Å²) in [4.78, 5) is 24.8. The smallest absolute Gasteiger partial charge is 0.223 e. The molecule has 1 unspecified atom stereocenters. The fraction of sp³-hybridized carbons (Fsp3) is 0.529. The minimum Gasteiger partial charge on any atom is -0.340 e. The van der Waals surface area contributed by atoms with E-state index in [1.54, 1.807) is 13.8 Å². The summed E-state index contributed by atoms with van der Waals surface area (Å²) in [7, 11) is 0. The molecule has 2 aromatic rings. The van der Waals surface area contributed by atoms with Crippen LogP contribution < -0.4 is 0 Å². The Balaban J connectivity index is 1.55. The molecule has 1 aliphatic rings. The molecule has 1 saturated heterocycles. The summed E-state index contributed by atoms with van der Waals surface area (Å²) in [6.07, 6.45) is 3.73. The molecule has 0 aliphatic carbocycles. The van der Waals surface area contributed by atoms with Crippen molar-refractivity contribution in [1.82, 2.24) is 24.9 Å². The van der Waals surface area contributed by atoms with Crippen molar-refractivity contribution in [2.45, 2.75) is 39.3 Å². The van der Waals surface area contributed by atoms with Gasteiger partial charge in [0.05, 0.1) is 6.54 Å². The quantitative estimate of drug-likeness (QED) is 0.798. The number of pyridine rings is 1. The third-order valence-electron chi connectivity index (χ3n) is 4.38. The minimum absolute atomic E-state index is 0.0500. The first-order chi connectivity index (χ1) is 11.6. The van der Waals surface area contributed by atoms with Gasteiger partial charge >= 0.3 is 0 Å². The molecule has 128 valence electrons. The van der Waals surface area contributed by atoms with Crippen LogP contribution in [0.3, 0.4) is 0 Å². The second-order valence-electron chi connectivity index (χ2n) is 6.19. The summed E-state index contributed by atoms with van der Waals surface area (Å²) in [6, 6.07) is 6.19. The Morgan fingerprint density at radius 1 is 1.46 bits per heavy atom. The Morgan fingerprint density at radius 2 is 2.33 bits per heavy atom. The van der Waals surface area contributed by atoms with Crippen LogP contribution in [0.1, 0.15) is 30.8 Å². The van der Waals surface area contributed by atoms with E-state index in [0.29, 0.717) is 18.3 Å². The van der Waals surface area contributed by atoms with Crippen molar-refractivity contribution < 1.29 is 9.32 Å². The molecule has 1 atom stereocenters. The van der Waals surface area contributed by atoms with Crippen LogP contribution in [-0.2, 0) is 17.8 Å². The summed E-state index contributed by atoms with van der Waals surface area (Å²) in [5.41, 5.74) is 1.10.